The Bertz CT molecular complexity index is 422. The summed E-state index contributed by atoms with van der Waals surface area (Å²) in [4.78, 5) is 13.3. The van der Waals surface area contributed by atoms with Crippen LogP contribution in [0, 0.1) is 0 Å². The highest BCUT2D eigenvalue weighted by Crippen LogP contribution is 2.33. The number of halogens is 2. The smallest absolute Gasteiger partial charge is 0.330 e. The lowest BCUT2D eigenvalue weighted by Crippen LogP contribution is -2.15. The van der Waals surface area contributed by atoms with Gasteiger partial charge in [-0.3, -0.25) is 0 Å². The van der Waals surface area contributed by atoms with Crippen molar-refractivity contribution in [1.29, 1.82) is 0 Å². The number of hydrogen-bond acceptors (Lipinski definition) is 3. The van der Waals surface area contributed by atoms with E-state index in [9.17, 15) is 4.79 Å². The predicted molar refractivity (Wildman–Crippen MR) is 64.2 cm³/mol. The average Bonchev–Trinajstić information content (AvgIpc) is 3.02. The Morgan fingerprint density at radius 1 is 1.50 bits per heavy atom. The van der Waals surface area contributed by atoms with Gasteiger partial charge in [-0.25, -0.2) is 4.79 Å². The van der Waals surface area contributed by atoms with Gasteiger partial charge in [0.15, 0.2) is 0 Å². The van der Waals surface area contributed by atoms with E-state index in [4.69, 9.17) is 27.9 Å². The Balaban J connectivity index is 2.06. The number of hydrogen-bond donors (Lipinski definition) is 0. The number of anilines is 1. The molecule has 1 unspecified atom stereocenters. The van der Waals surface area contributed by atoms with Gasteiger partial charge >= 0.3 is 5.97 Å². The molecule has 1 aromatic rings. The van der Waals surface area contributed by atoms with Gasteiger partial charge in [0.25, 0.3) is 0 Å². The zero-order valence-corrected chi connectivity index (χ0v) is 10.3. The Labute approximate surface area is 104 Å². The van der Waals surface area contributed by atoms with Gasteiger partial charge in [0.05, 0.1) is 23.2 Å². The van der Waals surface area contributed by atoms with E-state index in [1.807, 2.05) is 11.0 Å². The Morgan fingerprint density at radius 3 is 2.88 bits per heavy atom. The molecule has 0 saturated carbocycles. The van der Waals surface area contributed by atoms with Crippen molar-refractivity contribution in [3.63, 3.8) is 0 Å². The number of nitrogens with zero attached hydrogens (tertiary/aromatic N) is 1. The van der Waals surface area contributed by atoms with E-state index in [-0.39, 0.29) is 12.0 Å². The van der Waals surface area contributed by atoms with Crippen LogP contribution in [0.4, 0.5) is 5.69 Å². The highest BCUT2D eigenvalue weighted by molar-refractivity contribution is 6.42. The lowest BCUT2D eigenvalue weighted by molar-refractivity contribution is -0.142. The van der Waals surface area contributed by atoms with Gasteiger partial charge in [-0.15, -0.1) is 0 Å². The molecule has 16 heavy (non-hydrogen) atoms. The molecule has 0 bridgehead atoms. The molecule has 1 heterocycles. The van der Waals surface area contributed by atoms with Crippen molar-refractivity contribution in [2.45, 2.75) is 13.0 Å². The summed E-state index contributed by atoms with van der Waals surface area (Å²) in [6.45, 7) is 2.88. The molecule has 5 heteroatoms. The first-order valence-corrected chi connectivity index (χ1v) is 5.77. The van der Waals surface area contributed by atoms with Crippen molar-refractivity contribution >= 4 is 34.9 Å². The number of esters is 1. The van der Waals surface area contributed by atoms with Crippen molar-refractivity contribution in [1.82, 2.24) is 0 Å². The van der Waals surface area contributed by atoms with E-state index in [0.717, 1.165) is 5.69 Å². The molecule has 2 rings (SSSR count). The van der Waals surface area contributed by atoms with Crippen molar-refractivity contribution in [3.05, 3.63) is 28.2 Å². The molecule has 0 aliphatic carbocycles. The van der Waals surface area contributed by atoms with Gasteiger partial charge < -0.3 is 9.64 Å². The zero-order chi connectivity index (χ0) is 11.7. The third-order valence-electron chi connectivity index (χ3n) is 2.41. The van der Waals surface area contributed by atoms with Crippen LogP contribution in [0.25, 0.3) is 0 Å². The molecular formula is C11H11Cl2NO2. The molecule has 0 N–H and O–H groups in total. The fraction of sp³-hybridized carbons (Fsp3) is 0.364. The fourth-order valence-electron chi connectivity index (χ4n) is 1.53. The van der Waals surface area contributed by atoms with E-state index >= 15 is 0 Å². The van der Waals surface area contributed by atoms with Crippen LogP contribution in [0.5, 0.6) is 0 Å². The summed E-state index contributed by atoms with van der Waals surface area (Å²) in [7, 11) is 0. The maximum atomic E-state index is 11.4. The minimum Gasteiger partial charge on any atom is -0.464 e. The highest BCUT2D eigenvalue weighted by atomic mass is 35.5. The van der Waals surface area contributed by atoms with Gasteiger partial charge in [-0.1, -0.05) is 23.2 Å². The van der Waals surface area contributed by atoms with Crippen LogP contribution >= 0.6 is 23.2 Å². The van der Waals surface area contributed by atoms with Crippen LogP contribution in [0.2, 0.25) is 10.0 Å². The Morgan fingerprint density at radius 2 is 2.25 bits per heavy atom. The Hall–Kier alpha value is -0.930. The summed E-state index contributed by atoms with van der Waals surface area (Å²) in [5.41, 5.74) is 0.896. The van der Waals surface area contributed by atoms with E-state index < -0.39 is 0 Å². The third kappa shape index (κ3) is 2.25. The topological polar surface area (TPSA) is 29.3 Å². The lowest BCUT2D eigenvalue weighted by Gasteiger charge is -2.06. The van der Waals surface area contributed by atoms with Crippen LogP contribution in [0.3, 0.4) is 0 Å². The molecule has 1 atom stereocenters. The number of benzene rings is 1. The first kappa shape index (κ1) is 11.6. The second-order valence-corrected chi connectivity index (χ2v) is 4.33. The molecule has 1 fully saturated rings. The van der Waals surface area contributed by atoms with Crippen molar-refractivity contribution in [3.8, 4) is 0 Å². The minimum absolute atomic E-state index is 0.169. The van der Waals surface area contributed by atoms with Crippen LogP contribution in [-0.2, 0) is 9.53 Å². The number of rotatable bonds is 3. The van der Waals surface area contributed by atoms with Crippen molar-refractivity contribution < 1.29 is 9.53 Å². The Kier molecular flexibility index (Phi) is 3.26. The predicted octanol–water partition coefficient (Wildman–Crippen LogP) is 2.75. The maximum Gasteiger partial charge on any atom is 0.330 e. The van der Waals surface area contributed by atoms with Gasteiger partial charge in [0, 0.05) is 5.69 Å². The second kappa shape index (κ2) is 4.52. The van der Waals surface area contributed by atoms with Gasteiger partial charge in [0.2, 0.25) is 0 Å². The highest BCUT2D eigenvalue weighted by Gasteiger charge is 2.41. The molecule has 86 valence electrons. The largest absolute Gasteiger partial charge is 0.464 e. The monoisotopic (exact) mass is 259 g/mol. The molecule has 3 nitrogen and oxygen atoms in total. The third-order valence-corrected chi connectivity index (χ3v) is 3.14. The number of carbonyl (C=O) groups excluding carboxylic acids is 1. The molecule has 0 amide bonds. The molecule has 1 aromatic carbocycles. The van der Waals surface area contributed by atoms with Crippen LogP contribution < -0.4 is 4.90 Å². The average molecular weight is 260 g/mol. The van der Waals surface area contributed by atoms with Crippen LogP contribution in [0.1, 0.15) is 6.92 Å². The lowest BCUT2D eigenvalue weighted by atomic mass is 10.3. The summed E-state index contributed by atoms with van der Waals surface area (Å²) >= 11 is 11.7. The van der Waals surface area contributed by atoms with Crippen LogP contribution in [-0.4, -0.2) is 25.2 Å². The number of carbonyl (C=O) groups is 1. The first-order chi connectivity index (χ1) is 7.63. The molecule has 1 aliphatic rings. The molecular weight excluding hydrogens is 249 g/mol. The molecule has 0 spiro atoms. The second-order valence-electron chi connectivity index (χ2n) is 3.52. The summed E-state index contributed by atoms with van der Waals surface area (Å²) in [5.74, 6) is -0.187. The minimum atomic E-state index is -0.187. The standard InChI is InChI=1S/C11H11Cl2NO2/c1-2-16-11(15)10-6-14(10)7-3-4-8(12)9(13)5-7/h3-5,10H,2,6H2,1H3. The first-order valence-electron chi connectivity index (χ1n) is 5.01. The van der Waals surface area contributed by atoms with Gasteiger partial charge in [-0.2, -0.15) is 0 Å². The summed E-state index contributed by atoms with van der Waals surface area (Å²) in [6.07, 6.45) is 0. The van der Waals surface area contributed by atoms with E-state index in [1.54, 1.807) is 19.1 Å². The summed E-state index contributed by atoms with van der Waals surface area (Å²) in [5, 5.41) is 1.01. The van der Waals surface area contributed by atoms with Gasteiger partial charge in [-0.05, 0) is 25.1 Å². The van der Waals surface area contributed by atoms with Crippen LogP contribution in [0.15, 0.2) is 18.2 Å². The van der Waals surface area contributed by atoms with E-state index in [0.29, 0.717) is 23.2 Å². The number of ether oxygens (including phenoxy) is 1. The quantitative estimate of drug-likeness (QED) is 0.618. The molecule has 1 saturated heterocycles. The summed E-state index contributed by atoms with van der Waals surface area (Å²) < 4.78 is 4.93. The van der Waals surface area contributed by atoms with E-state index in [1.165, 1.54) is 0 Å². The van der Waals surface area contributed by atoms with E-state index in [2.05, 4.69) is 0 Å². The van der Waals surface area contributed by atoms with Gasteiger partial charge in [0.1, 0.15) is 6.04 Å². The zero-order valence-electron chi connectivity index (χ0n) is 8.74. The van der Waals surface area contributed by atoms with Crippen molar-refractivity contribution in [2.75, 3.05) is 18.1 Å². The molecule has 0 radical (unpaired) electrons. The molecule has 1 aliphatic heterocycles. The fourth-order valence-corrected chi connectivity index (χ4v) is 1.82. The maximum absolute atomic E-state index is 11.4. The van der Waals surface area contributed by atoms with Crippen molar-refractivity contribution in [2.24, 2.45) is 0 Å². The normalized spacial score (nSPS) is 18.4. The molecule has 0 aromatic heterocycles. The SMILES string of the molecule is CCOC(=O)C1CN1c1ccc(Cl)c(Cl)c1. The summed E-state index contributed by atoms with van der Waals surface area (Å²) in [6, 6.07) is 5.15.